The number of aromatic nitrogens is 3. The third-order valence-corrected chi connectivity index (χ3v) is 5.66. The van der Waals surface area contributed by atoms with Crippen molar-refractivity contribution in [1.82, 2.24) is 20.1 Å². The fraction of sp³-hybridized carbons (Fsp3) is 0.318. The minimum absolute atomic E-state index is 0.0217. The highest BCUT2D eigenvalue weighted by Crippen LogP contribution is 2.26. The molecular weight excluding hydrogens is 404 g/mol. The van der Waals surface area contributed by atoms with Crippen LogP contribution in [-0.2, 0) is 11.3 Å². The van der Waals surface area contributed by atoms with Crippen LogP contribution in [0.5, 0.6) is 0 Å². The van der Waals surface area contributed by atoms with E-state index < -0.39 is 0 Å². The summed E-state index contributed by atoms with van der Waals surface area (Å²) >= 11 is 7.44. The average Bonchev–Trinajstić information content (AvgIpc) is 3.13. The number of carbonyl (C=O) groups excluding carboxylic acids is 1. The zero-order chi connectivity index (χ0) is 20.5. The van der Waals surface area contributed by atoms with Crippen LogP contribution in [0.15, 0.2) is 59.8 Å². The largest absolute Gasteiger partial charge is 0.355 e. The number of unbranched alkanes of at least 4 members (excludes halogenated alkanes) is 2. The van der Waals surface area contributed by atoms with Gasteiger partial charge >= 0.3 is 0 Å². The van der Waals surface area contributed by atoms with Gasteiger partial charge in [0, 0.05) is 17.1 Å². The van der Waals surface area contributed by atoms with Crippen molar-refractivity contribution in [3.8, 4) is 11.4 Å². The Morgan fingerprint density at radius 2 is 1.83 bits per heavy atom. The van der Waals surface area contributed by atoms with Gasteiger partial charge in [-0.1, -0.05) is 73.5 Å². The Balaban J connectivity index is 1.75. The lowest BCUT2D eigenvalue weighted by molar-refractivity contribution is -0.118. The molecule has 1 N–H and O–H groups in total. The molecule has 0 atom stereocenters. The van der Waals surface area contributed by atoms with Crippen molar-refractivity contribution in [2.45, 2.75) is 37.9 Å². The summed E-state index contributed by atoms with van der Waals surface area (Å²) in [5, 5.41) is 13.1. The zero-order valence-electron chi connectivity index (χ0n) is 16.5. The molecule has 152 valence electrons. The number of nitrogens with one attached hydrogen (secondary N) is 1. The average molecular weight is 429 g/mol. The van der Waals surface area contributed by atoms with Crippen LogP contribution in [-0.4, -0.2) is 33.0 Å². The molecule has 0 unspecified atom stereocenters. The van der Waals surface area contributed by atoms with E-state index in [-0.39, 0.29) is 5.91 Å². The topological polar surface area (TPSA) is 59.8 Å². The summed E-state index contributed by atoms with van der Waals surface area (Å²) in [5.74, 6) is 1.10. The highest BCUT2D eigenvalue weighted by atomic mass is 35.5. The van der Waals surface area contributed by atoms with E-state index in [1.165, 1.54) is 11.8 Å². The molecule has 1 heterocycles. The normalized spacial score (nSPS) is 10.8. The molecule has 0 saturated heterocycles. The fourth-order valence-corrected chi connectivity index (χ4v) is 3.79. The second-order valence-corrected chi connectivity index (χ2v) is 8.11. The van der Waals surface area contributed by atoms with Crippen LogP contribution < -0.4 is 5.32 Å². The van der Waals surface area contributed by atoms with E-state index in [9.17, 15) is 4.79 Å². The van der Waals surface area contributed by atoms with Crippen LogP contribution in [0.4, 0.5) is 0 Å². The molecule has 0 bridgehead atoms. The highest BCUT2D eigenvalue weighted by Gasteiger charge is 2.16. The first kappa shape index (κ1) is 21.4. The van der Waals surface area contributed by atoms with E-state index in [2.05, 4.69) is 34.6 Å². The Kier molecular flexibility index (Phi) is 8.14. The molecule has 7 heteroatoms. The van der Waals surface area contributed by atoms with Crippen molar-refractivity contribution in [3.05, 3.63) is 65.2 Å². The molecule has 29 heavy (non-hydrogen) atoms. The molecule has 5 nitrogen and oxygen atoms in total. The Labute approximate surface area is 180 Å². The zero-order valence-corrected chi connectivity index (χ0v) is 18.0. The molecule has 0 aliphatic rings. The third kappa shape index (κ3) is 6.34. The van der Waals surface area contributed by atoms with Gasteiger partial charge in [-0.2, -0.15) is 0 Å². The molecule has 2 aromatic carbocycles. The van der Waals surface area contributed by atoms with E-state index in [0.717, 1.165) is 47.9 Å². The van der Waals surface area contributed by atoms with E-state index in [1.54, 1.807) is 0 Å². The van der Waals surface area contributed by atoms with Crippen LogP contribution in [0, 0.1) is 0 Å². The van der Waals surface area contributed by atoms with Gasteiger partial charge < -0.3 is 5.32 Å². The van der Waals surface area contributed by atoms with Crippen LogP contribution in [0.1, 0.15) is 31.7 Å². The maximum Gasteiger partial charge on any atom is 0.230 e. The maximum atomic E-state index is 12.2. The maximum absolute atomic E-state index is 12.2. The van der Waals surface area contributed by atoms with Gasteiger partial charge in [0.25, 0.3) is 0 Å². The molecule has 1 aromatic heterocycles. The first-order chi connectivity index (χ1) is 14.2. The third-order valence-electron chi connectivity index (χ3n) is 4.44. The quantitative estimate of drug-likeness (QED) is 0.362. The summed E-state index contributed by atoms with van der Waals surface area (Å²) < 4.78 is 2.05. The van der Waals surface area contributed by atoms with Crippen molar-refractivity contribution in [2.24, 2.45) is 0 Å². The monoisotopic (exact) mass is 428 g/mol. The lowest BCUT2D eigenvalue weighted by Crippen LogP contribution is -2.26. The molecule has 0 fully saturated rings. The number of thioether (sulfide) groups is 1. The summed E-state index contributed by atoms with van der Waals surface area (Å²) in [6.45, 7) is 3.50. The first-order valence-electron chi connectivity index (χ1n) is 9.80. The second kappa shape index (κ2) is 11.0. The summed E-state index contributed by atoms with van der Waals surface area (Å²) in [6, 6.07) is 17.7. The van der Waals surface area contributed by atoms with Gasteiger partial charge in [0.2, 0.25) is 5.91 Å². The number of nitrogens with zero attached hydrogens (tertiary/aromatic N) is 3. The van der Waals surface area contributed by atoms with Gasteiger partial charge in [0.15, 0.2) is 11.0 Å². The lowest BCUT2D eigenvalue weighted by atomic mass is 10.2. The fourth-order valence-electron chi connectivity index (χ4n) is 2.90. The number of benzene rings is 2. The lowest BCUT2D eigenvalue weighted by Gasteiger charge is -2.11. The van der Waals surface area contributed by atoms with E-state index in [1.807, 2.05) is 47.0 Å². The molecule has 0 spiro atoms. The standard InChI is InChI=1S/C22H25ClN4OS/c1-2-3-7-14-24-20(28)16-29-22-26-25-21(18-10-12-19(23)13-11-18)27(22)15-17-8-5-4-6-9-17/h4-6,8-13H,2-3,7,14-16H2,1H3,(H,24,28). The first-order valence-corrected chi connectivity index (χ1v) is 11.2. The SMILES string of the molecule is CCCCCNC(=O)CSc1nnc(-c2ccc(Cl)cc2)n1Cc1ccccc1. The molecule has 1 amide bonds. The Bertz CT molecular complexity index is 912. The van der Waals surface area contributed by atoms with Gasteiger partial charge in [-0.05, 0) is 36.2 Å². The van der Waals surface area contributed by atoms with Crippen LogP contribution >= 0.6 is 23.4 Å². The second-order valence-electron chi connectivity index (χ2n) is 6.73. The molecule has 0 saturated carbocycles. The Hall–Kier alpha value is -2.31. The molecule has 0 aliphatic carbocycles. The van der Waals surface area contributed by atoms with Gasteiger partial charge in [0.05, 0.1) is 12.3 Å². The Morgan fingerprint density at radius 1 is 1.07 bits per heavy atom. The van der Waals surface area contributed by atoms with Crippen molar-refractivity contribution in [3.63, 3.8) is 0 Å². The molecule has 3 aromatic rings. The highest BCUT2D eigenvalue weighted by molar-refractivity contribution is 7.99. The van der Waals surface area contributed by atoms with E-state index >= 15 is 0 Å². The summed E-state index contributed by atoms with van der Waals surface area (Å²) in [7, 11) is 0. The minimum Gasteiger partial charge on any atom is -0.355 e. The molecular formula is C22H25ClN4OS. The number of halogens is 1. The van der Waals surface area contributed by atoms with E-state index in [0.29, 0.717) is 17.3 Å². The summed E-state index contributed by atoms with van der Waals surface area (Å²) in [5.41, 5.74) is 2.09. The van der Waals surface area contributed by atoms with Gasteiger partial charge in [-0.25, -0.2) is 0 Å². The number of carbonyl (C=O) groups is 1. The van der Waals surface area contributed by atoms with Crippen LogP contribution in [0.3, 0.4) is 0 Å². The number of hydrogen-bond acceptors (Lipinski definition) is 4. The van der Waals surface area contributed by atoms with Crippen molar-refractivity contribution in [1.29, 1.82) is 0 Å². The van der Waals surface area contributed by atoms with Crippen molar-refractivity contribution < 1.29 is 4.79 Å². The minimum atomic E-state index is 0.0217. The van der Waals surface area contributed by atoms with Crippen LogP contribution in [0.2, 0.25) is 5.02 Å². The number of amides is 1. The van der Waals surface area contributed by atoms with Crippen molar-refractivity contribution in [2.75, 3.05) is 12.3 Å². The molecule has 0 radical (unpaired) electrons. The Morgan fingerprint density at radius 3 is 2.55 bits per heavy atom. The summed E-state index contributed by atoms with van der Waals surface area (Å²) in [6.07, 6.45) is 3.28. The summed E-state index contributed by atoms with van der Waals surface area (Å²) in [4.78, 5) is 12.2. The van der Waals surface area contributed by atoms with Gasteiger partial charge in [-0.15, -0.1) is 10.2 Å². The van der Waals surface area contributed by atoms with Crippen LogP contribution in [0.25, 0.3) is 11.4 Å². The predicted molar refractivity (Wildman–Crippen MR) is 119 cm³/mol. The van der Waals surface area contributed by atoms with Crippen molar-refractivity contribution >= 4 is 29.3 Å². The number of rotatable bonds is 10. The molecule has 0 aliphatic heterocycles. The number of hydrogen-bond donors (Lipinski definition) is 1. The van der Waals surface area contributed by atoms with E-state index in [4.69, 9.17) is 11.6 Å². The smallest absolute Gasteiger partial charge is 0.230 e. The molecule has 3 rings (SSSR count). The predicted octanol–water partition coefficient (Wildman–Crippen LogP) is 5.05. The van der Waals surface area contributed by atoms with Gasteiger partial charge in [-0.3, -0.25) is 9.36 Å². The van der Waals surface area contributed by atoms with Gasteiger partial charge in [0.1, 0.15) is 0 Å².